The van der Waals surface area contributed by atoms with Gasteiger partial charge in [0.15, 0.2) is 0 Å². The number of pyridine rings is 1. The first kappa shape index (κ1) is 15.4. The van der Waals surface area contributed by atoms with E-state index < -0.39 is 0 Å². The van der Waals surface area contributed by atoms with E-state index in [1.54, 1.807) is 6.20 Å². The molecule has 0 bridgehead atoms. The van der Waals surface area contributed by atoms with Crippen molar-refractivity contribution < 1.29 is 4.79 Å². The lowest BCUT2D eigenvalue weighted by molar-refractivity contribution is -0.119. The third-order valence-corrected chi connectivity index (χ3v) is 3.98. The van der Waals surface area contributed by atoms with Crippen molar-refractivity contribution in [3.8, 4) is 0 Å². The van der Waals surface area contributed by atoms with Gasteiger partial charge in [0, 0.05) is 19.2 Å². The van der Waals surface area contributed by atoms with E-state index in [0.29, 0.717) is 6.54 Å². The van der Waals surface area contributed by atoms with Crippen LogP contribution in [0.5, 0.6) is 0 Å². The van der Waals surface area contributed by atoms with Crippen molar-refractivity contribution in [2.75, 3.05) is 11.4 Å². The molecular weight excluding hydrogens is 290 g/mol. The molecule has 1 aliphatic rings. The van der Waals surface area contributed by atoms with Gasteiger partial charge in [-0.2, -0.15) is 0 Å². The van der Waals surface area contributed by atoms with Crippen LogP contribution in [0.4, 0.5) is 5.82 Å². The lowest BCUT2D eigenvalue weighted by Gasteiger charge is -2.25. The van der Waals surface area contributed by atoms with Crippen molar-refractivity contribution in [2.45, 2.75) is 39.3 Å². The van der Waals surface area contributed by atoms with E-state index in [4.69, 9.17) is 0 Å². The molecule has 0 radical (unpaired) electrons. The summed E-state index contributed by atoms with van der Waals surface area (Å²) in [6, 6.07) is 6.27. The molecule has 0 saturated carbocycles. The van der Waals surface area contributed by atoms with Crippen molar-refractivity contribution in [3.63, 3.8) is 0 Å². The minimum atomic E-state index is -0.0661. The summed E-state index contributed by atoms with van der Waals surface area (Å²) in [4.78, 5) is 26.9. The molecule has 1 fully saturated rings. The molecule has 0 aliphatic carbocycles. The highest BCUT2D eigenvalue weighted by molar-refractivity contribution is 5.72. The molecule has 1 saturated heterocycles. The van der Waals surface area contributed by atoms with Crippen LogP contribution in [-0.4, -0.2) is 27.4 Å². The summed E-state index contributed by atoms with van der Waals surface area (Å²) in [6.45, 7) is 4.88. The Morgan fingerprint density at radius 1 is 1.35 bits per heavy atom. The van der Waals surface area contributed by atoms with E-state index >= 15 is 0 Å². The Kier molecular flexibility index (Phi) is 4.50. The minimum absolute atomic E-state index is 0.0661. The van der Waals surface area contributed by atoms with Gasteiger partial charge in [-0.05, 0) is 31.9 Å². The van der Waals surface area contributed by atoms with Crippen LogP contribution in [0.1, 0.15) is 42.9 Å². The smallest absolute Gasteiger partial charge is 0.217 e. The number of carbonyl (C=O) groups excluding carboxylic acids is 1. The largest absolute Gasteiger partial charge is 0.351 e. The van der Waals surface area contributed by atoms with Crippen LogP contribution >= 0.6 is 0 Å². The Morgan fingerprint density at radius 3 is 3.00 bits per heavy atom. The fraction of sp³-hybridized carbons (Fsp3) is 0.412. The van der Waals surface area contributed by atoms with E-state index in [1.165, 1.54) is 6.92 Å². The summed E-state index contributed by atoms with van der Waals surface area (Å²) >= 11 is 0. The topological polar surface area (TPSA) is 71.0 Å². The first-order chi connectivity index (χ1) is 11.1. The Balaban J connectivity index is 1.82. The zero-order valence-corrected chi connectivity index (χ0v) is 13.5. The Hall–Kier alpha value is -2.50. The number of rotatable bonds is 4. The fourth-order valence-corrected chi connectivity index (χ4v) is 2.92. The van der Waals surface area contributed by atoms with Gasteiger partial charge in [0.2, 0.25) is 5.91 Å². The highest BCUT2D eigenvalue weighted by Gasteiger charge is 2.28. The van der Waals surface area contributed by atoms with Gasteiger partial charge in [0.25, 0.3) is 0 Å². The Morgan fingerprint density at radius 2 is 2.22 bits per heavy atom. The molecule has 2 aromatic heterocycles. The molecule has 120 valence electrons. The zero-order valence-electron chi connectivity index (χ0n) is 13.5. The summed E-state index contributed by atoms with van der Waals surface area (Å²) in [7, 11) is 0. The minimum Gasteiger partial charge on any atom is -0.351 e. The normalized spacial score (nSPS) is 17.3. The van der Waals surface area contributed by atoms with Crippen molar-refractivity contribution in [2.24, 2.45) is 0 Å². The third kappa shape index (κ3) is 3.64. The van der Waals surface area contributed by atoms with Gasteiger partial charge in [-0.3, -0.25) is 14.8 Å². The van der Waals surface area contributed by atoms with E-state index in [2.05, 4.69) is 25.2 Å². The molecule has 2 aromatic rings. The molecule has 6 heteroatoms. The van der Waals surface area contributed by atoms with Crippen molar-refractivity contribution in [1.82, 2.24) is 20.3 Å². The number of aromatic nitrogens is 3. The van der Waals surface area contributed by atoms with E-state index in [1.807, 2.05) is 31.3 Å². The molecule has 0 spiro atoms. The average molecular weight is 311 g/mol. The van der Waals surface area contributed by atoms with Crippen LogP contribution in [0.3, 0.4) is 0 Å². The number of nitrogens with zero attached hydrogens (tertiary/aromatic N) is 4. The van der Waals surface area contributed by atoms with Gasteiger partial charge >= 0.3 is 0 Å². The van der Waals surface area contributed by atoms with Crippen LogP contribution in [0.15, 0.2) is 30.6 Å². The summed E-state index contributed by atoms with van der Waals surface area (Å²) in [5.41, 5.74) is 2.73. The van der Waals surface area contributed by atoms with Crippen LogP contribution < -0.4 is 10.2 Å². The molecule has 3 heterocycles. The second kappa shape index (κ2) is 6.73. The lowest BCUT2D eigenvalue weighted by Crippen LogP contribution is -2.25. The van der Waals surface area contributed by atoms with Gasteiger partial charge in [0.1, 0.15) is 5.82 Å². The van der Waals surface area contributed by atoms with Gasteiger partial charge in [-0.1, -0.05) is 6.07 Å². The SMILES string of the molecule is CC(=O)NCc1cncc(C2CCCN2c2cccc(C)n2)n1. The molecule has 1 aliphatic heterocycles. The van der Waals surface area contributed by atoms with E-state index in [-0.39, 0.29) is 11.9 Å². The maximum atomic E-state index is 11.1. The summed E-state index contributed by atoms with van der Waals surface area (Å²) in [6.07, 6.45) is 5.66. The predicted molar refractivity (Wildman–Crippen MR) is 87.8 cm³/mol. The van der Waals surface area contributed by atoms with Crippen LogP contribution in [0, 0.1) is 6.92 Å². The Bertz CT molecular complexity index is 703. The Labute approximate surface area is 136 Å². The third-order valence-electron chi connectivity index (χ3n) is 3.98. The zero-order chi connectivity index (χ0) is 16.2. The highest BCUT2D eigenvalue weighted by atomic mass is 16.1. The number of nitrogens with one attached hydrogen (secondary N) is 1. The molecule has 0 aromatic carbocycles. The summed E-state index contributed by atoms with van der Waals surface area (Å²) in [5, 5.41) is 2.76. The number of hydrogen-bond acceptors (Lipinski definition) is 5. The molecule has 1 unspecified atom stereocenters. The predicted octanol–water partition coefficient (Wildman–Crippen LogP) is 2.16. The first-order valence-corrected chi connectivity index (χ1v) is 7.89. The van der Waals surface area contributed by atoms with Crippen LogP contribution in [0.25, 0.3) is 0 Å². The van der Waals surface area contributed by atoms with Gasteiger partial charge in [0.05, 0.1) is 36.4 Å². The summed E-state index contributed by atoms with van der Waals surface area (Å²) in [5.74, 6) is 0.922. The average Bonchev–Trinajstić information content (AvgIpc) is 3.03. The number of aryl methyl sites for hydroxylation is 1. The molecule has 1 atom stereocenters. The number of carbonyl (C=O) groups is 1. The maximum absolute atomic E-state index is 11.1. The highest BCUT2D eigenvalue weighted by Crippen LogP contribution is 2.34. The van der Waals surface area contributed by atoms with Crippen LogP contribution in [0.2, 0.25) is 0 Å². The molecule has 1 N–H and O–H groups in total. The molecule has 3 rings (SSSR count). The number of anilines is 1. The molecular formula is C17H21N5O. The van der Waals surface area contributed by atoms with Crippen molar-refractivity contribution in [1.29, 1.82) is 0 Å². The quantitative estimate of drug-likeness (QED) is 0.937. The van der Waals surface area contributed by atoms with Crippen molar-refractivity contribution in [3.05, 3.63) is 47.7 Å². The number of hydrogen-bond donors (Lipinski definition) is 1. The van der Waals surface area contributed by atoms with Gasteiger partial charge in [-0.15, -0.1) is 0 Å². The standard InChI is InChI=1S/C17H21N5O/c1-12-5-3-7-17(20-12)22-8-4-6-16(22)15-11-18-9-14(21-15)10-19-13(2)23/h3,5,7,9,11,16H,4,6,8,10H2,1-2H3,(H,19,23). The first-order valence-electron chi connectivity index (χ1n) is 7.89. The molecule has 23 heavy (non-hydrogen) atoms. The summed E-state index contributed by atoms with van der Waals surface area (Å²) < 4.78 is 0. The fourth-order valence-electron chi connectivity index (χ4n) is 2.92. The molecule has 1 amide bonds. The number of amides is 1. The van der Waals surface area contributed by atoms with Crippen molar-refractivity contribution >= 4 is 11.7 Å². The van der Waals surface area contributed by atoms with Gasteiger partial charge in [-0.25, -0.2) is 4.98 Å². The van der Waals surface area contributed by atoms with E-state index in [9.17, 15) is 4.79 Å². The second-order valence-electron chi connectivity index (χ2n) is 5.83. The van der Waals surface area contributed by atoms with E-state index in [0.717, 1.165) is 42.3 Å². The second-order valence-corrected chi connectivity index (χ2v) is 5.83. The lowest BCUT2D eigenvalue weighted by atomic mass is 10.1. The van der Waals surface area contributed by atoms with Crippen LogP contribution in [-0.2, 0) is 11.3 Å². The monoisotopic (exact) mass is 311 g/mol. The van der Waals surface area contributed by atoms with Gasteiger partial charge < -0.3 is 10.2 Å². The maximum Gasteiger partial charge on any atom is 0.217 e. The molecule has 6 nitrogen and oxygen atoms in total.